The number of alkyl halides is 2. The molecule has 0 saturated carbocycles. The van der Waals surface area contributed by atoms with Crippen LogP contribution in [-0.2, 0) is 4.74 Å². The minimum atomic E-state index is -2.71. The lowest BCUT2D eigenvalue weighted by Gasteiger charge is -2.39. The fourth-order valence-electron chi connectivity index (χ4n) is 4.16. The van der Waals surface area contributed by atoms with E-state index in [2.05, 4.69) is 30.2 Å². The topological polar surface area (TPSA) is 91.6 Å². The molecule has 0 unspecified atom stereocenters. The predicted octanol–water partition coefficient (Wildman–Crippen LogP) is 2.50. The van der Waals surface area contributed by atoms with Crippen molar-refractivity contribution in [1.82, 2.24) is 24.6 Å². The minimum Gasteiger partial charge on any atom is -0.389 e. The molecular weight excluding hydrogens is 444 g/mol. The van der Waals surface area contributed by atoms with Crippen LogP contribution in [0.15, 0.2) is 30.7 Å². The zero-order chi connectivity index (χ0) is 22.2. The SMILES string of the molecule is O[C@@H]1COC[C@@H]1N1CCN(c2cc3nc(Nc4cnn(C(F)F)c4)ncc3cc2Cl)CC1. The molecule has 4 heterocycles. The van der Waals surface area contributed by atoms with Gasteiger partial charge in [-0.1, -0.05) is 11.6 Å². The molecule has 2 aromatic heterocycles. The largest absolute Gasteiger partial charge is 0.389 e. The van der Waals surface area contributed by atoms with E-state index >= 15 is 0 Å². The summed E-state index contributed by atoms with van der Waals surface area (Å²) in [5, 5.41) is 18.0. The van der Waals surface area contributed by atoms with Crippen molar-refractivity contribution in [3.63, 3.8) is 0 Å². The van der Waals surface area contributed by atoms with E-state index < -0.39 is 12.7 Å². The Labute approximate surface area is 187 Å². The number of hydrogen-bond donors (Lipinski definition) is 2. The summed E-state index contributed by atoms with van der Waals surface area (Å²) in [6, 6.07) is 3.78. The Kier molecular flexibility index (Phi) is 5.80. The summed E-state index contributed by atoms with van der Waals surface area (Å²) in [5.41, 5.74) is 1.93. The Bertz CT molecular complexity index is 1110. The number of ether oxygens (including phenoxy) is 1. The van der Waals surface area contributed by atoms with E-state index in [0.29, 0.717) is 34.1 Å². The number of aromatic nitrogens is 4. The first kappa shape index (κ1) is 21.3. The van der Waals surface area contributed by atoms with Gasteiger partial charge in [0, 0.05) is 37.8 Å². The van der Waals surface area contributed by atoms with Crippen LogP contribution in [-0.4, -0.2) is 81.3 Å². The zero-order valence-corrected chi connectivity index (χ0v) is 17.8. The van der Waals surface area contributed by atoms with Crippen molar-refractivity contribution >= 4 is 39.8 Å². The maximum atomic E-state index is 12.7. The monoisotopic (exact) mass is 465 g/mol. The first-order chi connectivity index (χ1) is 15.5. The second kappa shape index (κ2) is 8.74. The van der Waals surface area contributed by atoms with Crippen molar-refractivity contribution < 1.29 is 18.6 Å². The Morgan fingerprint density at radius 2 is 1.97 bits per heavy atom. The van der Waals surface area contributed by atoms with E-state index in [1.807, 2.05) is 12.1 Å². The van der Waals surface area contributed by atoms with Crippen molar-refractivity contribution in [2.24, 2.45) is 0 Å². The Hall–Kier alpha value is -2.60. The number of rotatable bonds is 5. The summed E-state index contributed by atoms with van der Waals surface area (Å²) in [6.07, 6.45) is 3.68. The number of anilines is 3. The van der Waals surface area contributed by atoms with Crippen molar-refractivity contribution in [1.29, 1.82) is 0 Å². The third-order valence-electron chi connectivity index (χ3n) is 5.85. The van der Waals surface area contributed by atoms with Gasteiger partial charge in [0.25, 0.3) is 0 Å². The van der Waals surface area contributed by atoms with Gasteiger partial charge in [-0.3, -0.25) is 4.90 Å². The van der Waals surface area contributed by atoms with Crippen molar-refractivity contribution in [2.75, 3.05) is 49.6 Å². The highest BCUT2D eigenvalue weighted by Crippen LogP contribution is 2.32. The van der Waals surface area contributed by atoms with E-state index in [4.69, 9.17) is 16.3 Å². The normalized spacial score (nSPS) is 22.2. The fraction of sp³-hybridized carbons (Fsp3) is 0.450. The number of aliphatic hydroxyl groups is 1. The van der Waals surface area contributed by atoms with Crippen LogP contribution < -0.4 is 10.2 Å². The van der Waals surface area contributed by atoms with Crippen LogP contribution in [0.4, 0.5) is 26.1 Å². The number of hydrogen-bond acceptors (Lipinski definition) is 8. The fourth-order valence-corrected chi connectivity index (χ4v) is 4.45. The summed E-state index contributed by atoms with van der Waals surface area (Å²) in [5.74, 6) is 0.277. The van der Waals surface area contributed by atoms with Gasteiger partial charge >= 0.3 is 6.55 Å². The van der Waals surface area contributed by atoms with Crippen molar-refractivity contribution in [3.05, 3.63) is 35.7 Å². The molecule has 3 aromatic rings. The Morgan fingerprint density at radius 3 is 2.66 bits per heavy atom. The highest BCUT2D eigenvalue weighted by atomic mass is 35.5. The van der Waals surface area contributed by atoms with E-state index in [1.165, 1.54) is 12.4 Å². The third kappa shape index (κ3) is 4.20. The first-order valence-electron chi connectivity index (χ1n) is 10.3. The van der Waals surface area contributed by atoms with Gasteiger partial charge in [0.05, 0.1) is 59.7 Å². The highest BCUT2D eigenvalue weighted by Gasteiger charge is 2.33. The summed E-state index contributed by atoms with van der Waals surface area (Å²) >= 11 is 6.56. The number of halogens is 3. The van der Waals surface area contributed by atoms with Crippen LogP contribution in [0.25, 0.3) is 10.9 Å². The highest BCUT2D eigenvalue weighted by molar-refractivity contribution is 6.34. The zero-order valence-electron chi connectivity index (χ0n) is 17.0. The van der Waals surface area contributed by atoms with E-state index in [1.54, 1.807) is 6.20 Å². The Morgan fingerprint density at radius 1 is 1.16 bits per heavy atom. The molecule has 0 amide bonds. The van der Waals surface area contributed by atoms with E-state index in [0.717, 1.165) is 37.3 Å². The van der Waals surface area contributed by atoms with Gasteiger partial charge in [0.1, 0.15) is 0 Å². The molecule has 2 aliphatic heterocycles. The number of aliphatic hydroxyl groups excluding tert-OH is 1. The molecule has 2 aliphatic rings. The number of nitrogens with one attached hydrogen (secondary N) is 1. The second-order valence-corrected chi connectivity index (χ2v) is 8.27. The molecule has 170 valence electrons. The molecular formula is C20H22ClF2N7O2. The Balaban J connectivity index is 1.33. The minimum absolute atomic E-state index is 0.0417. The van der Waals surface area contributed by atoms with Crippen LogP contribution in [0.5, 0.6) is 0 Å². The molecule has 5 rings (SSSR count). The van der Waals surface area contributed by atoms with Gasteiger partial charge in [-0.25, -0.2) is 14.6 Å². The van der Waals surface area contributed by atoms with Crippen LogP contribution in [0.3, 0.4) is 0 Å². The second-order valence-electron chi connectivity index (χ2n) is 7.86. The standard InChI is InChI=1S/C20H22ClF2N7O2/c21-14-5-12-7-24-20(26-13-8-25-30(9-13)19(22)23)27-15(12)6-16(14)28-1-3-29(4-2-28)17-10-32-11-18(17)31/h5-9,17-19,31H,1-4,10-11H2,(H,24,26,27)/t17-,18+/m0/s1. The molecule has 2 N–H and O–H groups in total. The van der Waals surface area contributed by atoms with E-state index in [-0.39, 0.29) is 12.0 Å². The van der Waals surface area contributed by atoms with Gasteiger partial charge in [0.15, 0.2) is 0 Å². The molecule has 1 aromatic carbocycles. The quantitative estimate of drug-likeness (QED) is 0.594. The van der Waals surface area contributed by atoms with Crippen molar-refractivity contribution in [3.8, 4) is 0 Å². The molecule has 12 heteroatoms. The number of piperazine rings is 1. The van der Waals surface area contributed by atoms with Gasteiger partial charge in [-0.2, -0.15) is 13.9 Å². The van der Waals surface area contributed by atoms with Crippen molar-refractivity contribution in [2.45, 2.75) is 18.7 Å². The lowest BCUT2D eigenvalue weighted by atomic mass is 10.1. The first-order valence-corrected chi connectivity index (χ1v) is 10.7. The summed E-state index contributed by atoms with van der Waals surface area (Å²) < 4.78 is 31.4. The average Bonchev–Trinajstić information content (AvgIpc) is 3.43. The molecule has 2 fully saturated rings. The molecule has 9 nitrogen and oxygen atoms in total. The lowest BCUT2D eigenvalue weighted by Crippen LogP contribution is -2.53. The van der Waals surface area contributed by atoms with Crippen LogP contribution in [0, 0.1) is 0 Å². The molecule has 0 radical (unpaired) electrons. The molecule has 32 heavy (non-hydrogen) atoms. The molecule has 2 atom stereocenters. The maximum absolute atomic E-state index is 12.7. The summed E-state index contributed by atoms with van der Waals surface area (Å²) in [7, 11) is 0. The van der Waals surface area contributed by atoms with Crippen LogP contribution in [0.2, 0.25) is 5.02 Å². The maximum Gasteiger partial charge on any atom is 0.333 e. The van der Waals surface area contributed by atoms with Gasteiger partial charge in [0.2, 0.25) is 5.95 Å². The number of fused-ring (bicyclic) bond motifs is 1. The molecule has 0 aliphatic carbocycles. The smallest absolute Gasteiger partial charge is 0.333 e. The molecule has 0 bridgehead atoms. The lowest BCUT2D eigenvalue weighted by molar-refractivity contribution is 0.0566. The van der Waals surface area contributed by atoms with Gasteiger partial charge in [-0.15, -0.1) is 0 Å². The van der Waals surface area contributed by atoms with Gasteiger partial charge < -0.3 is 20.1 Å². The molecule has 2 saturated heterocycles. The predicted molar refractivity (Wildman–Crippen MR) is 116 cm³/mol. The number of nitrogens with zero attached hydrogens (tertiary/aromatic N) is 6. The third-order valence-corrected chi connectivity index (χ3v) is 6.15. The van der Waals surface area contributed by atoms with Crippen LogP contribution >= 0.6 is 11.6 Å². The van der Waals surface area contributed by atoms with E-state index in [9.17, 15) is 13.9 Å². The summed E-state index contributed by atoms with van der Waals surface area (Å²) in [4.78, 5) is 13.2. The molecule has 0 spiro atoms. The number of benzene rings is 1. The summed E-state index contributed by atoms with van der Waals surface area (Å²) in [6.45, 7) is 1.35. The van der Waals surface area contributed by atoms with Crippen LogP contribution in [0.1, 0.15) is 6.55 Å². The van der Waals surface area contributed by atoms with Gasteiger partial charge in [-0.05, 0) is 12.1 Å². The average molecular weight is 466 g/mol.